The van der Waals surface area contributed by atoms with Crippen LogP contribution in [-0.2, 0) is 4.74 Å². The molecular weight excluding hydrogens is 244 g/mol. The molecule has 0 radical (unpaired) electrons. The third kappa shape index (κ3) is 3.67. The topological polar surface area (TPSA) is 60.5 Å². The van der Waals surface area contributed by atoms with Crippen molar-refractivity contribution < 1.29 is 14.3 Å². The summed E-state index contributed by atoms with van der Waals surface area (Å²) >= 11 is 0. The Morgan fingerprint density at radius 1 is 1.47 bits per heavy atom. The molecule has 0 bridgehead atoms. The van der Waals surface area contributed by atoms with E-state index in [0.29, 0.717) is 24.0 Å². The van der Waals surface area contributed by atoms with E-state index in [1.165, 1.54) is 6.20 Å². The van der Waals surface area contributed by atoms with Gasteiger partial charge in [0.25, 0.3) is 0 Å². The Kier molecular flexibility index (Phi) is 4.74. The van der Waals surface area contributed by atoms with Gasteiger partial charge in [0.15, 0.2) is 0 Å². The predicted octanol–water partition coefficient (Wildman–Crippen LogP) is 1.64. The molecule has 0 aliphatic heterocycles. The first-order valence-electron chi connectivity index (χ1n) is 6.67. The van der Waals surface area contributed by atoms with Crippen molar-refractivity contribution in [2.24, 2.45) is 5.92 Å². The molecule has 0 unspecified atom stereocenters. The van der Waals surface area contributed by atoms with E-state index in [-0.39, 0.29) is 12.1 Å². The van der Waals surface area contributed by atoms with Crippen molar-refractivity contribution in [3.05, 3.63) is 23.9 Å². The molecule has 0 saturated heterocycles. The highest BCUT2D eigenvalue weighted by Gasteiger charge is 2.30. The molecule has 1 heterocycles. The maximum absolute atomic E-state index is 11.5. The molecule has 1 aliphatic carbocycles. The zero-order chi connectivity index (χ0) is 13.7. The Morgan fingerprint density at radius 2 is 2.26 bits per heavy atom. The monoisotopic (exact) mass is 264 g/mol. The number of carbonyl (C=O) groups is 1. The van der Waals surface area contributed by atoms with Crippen LogP contribution in [0.25, 0.3) is 0 Å². The van der Waals surface area contributed by atoms with E-state index in [1.54, 1.807) is 19.1 Å². The fraction of sp³-hybridized carbons (Fsp3) is 0.571. The summed E-state index contributed by atoms with van der Waals surface area (Å²) in [6.45, 7) is 3.18. The predicted molar refractivity (Wildman–Crippen MR) is 71.3 cm³/mol. The lowest BCUT2D eigenvalue weighted by Gasteiger charge is -2.34. The number of pyridine rings is 1. The van der Waals surface area contributed by atoms with Crippen LogP contribution in [0, 0.1) is 5.92 Å². The molecule has 5 nitrogen and oxygen atoms in total. The Hall–Kier alpha value is -1.62. The Balaban J connectivity index is 1.81. The molecule has 1 saturated carbocycles. The molecular formula is C14H20N2O3. The van der Waals surface area contributed by atoms with Crippen LogP contribution >= 0.6 is 0 Å². The lowest BCUT2D eigenvalue weighted by molar-refractivity contribution is 0.0524. The SMILES string of the molecule is CCOC(=O)c1ccc(OC2CC(CNC)C2)nc1. The minimum Gasteiger partial charge on any atom is -0.474 e. The van der Waals surface area contributed by atoms with E-state index >= 15 is 0 Å². The smallest absolute Gasteiger partial charge is 0.339 e. The first kappa shape index (κ1) is 13.8. The molecule has 1 fully saturated rings. The van der Waals surface area contributed by atoms with Gasteiger partial charge in [0, 0.05) is 12.3 Å². The van der Waals surface area contributed by atoms with Crippen LogP contribution in [0.3, 0.4) is 0 Å². The van der Waals surface area contributed by atoms with Gasteiger partial charge in [0.1, 0.15) is 6.10 Å². The van der Waals surface area contributed by atoms with Crippen LogP contribution in [0.15, 0.2) is 18.3 Å². The summed E-state index contributed by atoms with van der Waals surface area (Å²) < 4.78 is 10.6. The molecule has 0 atom stereocenters. The van der Waals surface area contributed by atoms with E-state index in [0.717, 1.165) is 19.4 Å². The van der Waals surface area contributed by atoms with E-state index in [9.17, 15) is 4.79 Å². The zero-order valence-electron chi connectivity index (χ0n) is 11.4. The fourth-order valence-electron chi connectivity index (χ4n) is 2.18. The Labute approximate surface area is 113 Å². The van der Waals surface area contributed by atoms with Crippen molar-refractivity contribution in [1.29, 1.82) is 0 Å². The van der Waals surface area contributed by atoms with Crippen LogP contribution in [0.1, 0.15) is 30.1 Å². The van der Waals surface area contributed by atoms with Crippen molar-refractivity contribution in [2.45, 2.75) is 25.9 Å². The normalized spacial score (nSPS) is 21.6. The largest absolute Gasteiger partial charge is 0.474 e. The van der Waals surface area contributed by atoms with E-state index < -0.39 is 0 Å². The van der Waals surface area contributed by atoms with Crippen molar-refractivity contribution in [3.63, 3.8) is 0 Å². The van der Waals surface area contributed by atoms with Gasteiger partial charge >= 0.3 is 5.97 Å². The van der Waals surface area contributed by atoms with E-state index in [4.69, 9.17) is 9.47 Å². The summed E-state index contributed by atoms with van der Waals surface area (Å²) in [6, 6.07) is 3.40. The standard InChI is InChI=1S/C14H20N2O3/c1-3-18-14(17)11-4-5-13(16-9-11)19-12-6-10(7-12)8-15-2/h4-5,9-10,12,15H,3,6-8H2,1-2H3. The third-order valence-electron chi connectivity index (χ3n) is 3.22. The molecule has 0 aromatic carbocycles. The number of esters is 1. The van der Waals surface area contributed by atoms with E-state index in [2.05, 4.69) is 10.3 Å². The minimum absolute atomic E-state index is 0.249. The number of hydrogen-bond donors (Lipinski definition) is 1. The summed E-state index contributed by atoms with van der Waals surface area (Å²) in [7, 11) is 1.96. The molecule has 2 rings (SSSR count). The summed E-state index contributed by atoms with van der Waals surface area (Å²) in [6.07, 6.45) is 3.86. The molecule has 1 aromatic heterocycles. The van der Waals surface area contributed by atoms with Gasteiger partial charge in [-0.3, -0.25) is 0 Å². The van der Waals surface area contributed by atoms with E-state index in [1.807, 2.05) is 7.05 Å². The van der Waals surface area contributed by atoms with Crippen LogP contribution in [0.5, 0.6) is 5.88 Å². The van der Waals surface area contributed by atoms with Crippen molar-refractivity contribution in [1.82, 2.24) is 10.3 Å². The Morgan fingerprint density at radius 3 is 2.84 bits per heavy atom. The van der Waals surface area contributed by atoms with Gasteiger partial charge in [-0.25, -0.2) is 9.78 Å². The number of ether oxygens (including phenoxy) is 2. The van der Waals surface area contributed by atoms with Gasteiger partial charge < -0.3 is 14.8 Å². The van der Waals surface area contributed by atoms with Crippen LogP contribution < -0.4 is 10.1 Å². The number of nitrogens with one attached hydrogen (secondary N) is 1. The van der Waals surface area contributed by atoms with Gasteiger partial charge in [0.2, 0.25) is 5.88 Å². The van der Waals surface area contributed by atoms with Crippen molar-refractivity contribution in [2.75, 3.05) is 20.2 Å². The molecule has 19 heavy (non-hydrogen) atoms. The molecule has 0 spiro atoms. The first-order valence-corrected chi connectivity index (χ1v) is 6.67. The summed E-state index contributed by atoms with van der Waals surface area (Å²) in [4.78, 5) is 15.6. The second-order valence-electron chi connectivity index (χ2n) is 4.74. The molecule has 5 heteroatoms. The minimum atomic E-state index is -0.348. The molecule has 0 amide bonds. The number of hydrogen-bond acceptors (Lipinski definition) is 5. The van der Waals surface area contributed by atoms with Gasteiger partial charge in [-0.05, 0) is 45.3 Å². The average Bonchev–Trinajstić information content (AvgIpc) is 2.37. The number of rotatable bonds is 6. The lowest BCUT2D eigenvalue weighted by atomic mass is 9.82. The van der Waals surface area contributed by atoms with Crippen LogP contribution in [0.2, 0.25) is 0 Å². The molecule has 1 N–H and O–H groups in total. The maximum Gasteiger partial charge on any atom is 0.339 e. The Bertz CT molecular complexity index is 413. The zero-order valence-corrected chi connectivity index (χ0v) is 11.4. The second-order valence-corrected chi connectivity index (χ2v) is 4.74. The summed E-state index contributed by atoms with van der Waals surface area (Å²) in [5.74, 6) is 0.925. The highest BCUT2D eigenvalue weighted by atomic mass is 16.5. The maximum atomic E-state index is 11.5. The van der Waals surface area contributed by atoms with Gasteiger partial charge in [-0.1, -0.05) is 0 Å². The van der Waals surface area contributed by atoms with Crippen LogP contribution in [-0.4, -0.2) is 37.3 Å². The second kappa shape index (κ2) is 6.52. The third-order valence-corrected chi connectivity index (χ3v) is 3.22. The fourth-order valence-corrected chi connectivity index (χ4v) is 2.18. The number of aromatic nitrogens is 1. The van der Waals surface area contributed by atoms with Crippen molar-refractivity contribution in [3.8, 4) is 5.88 Å². The van der Waals surface area contributed by atoms with Gasteiger partial charge in [0.05, 0.1) is 12.2 Å². The number of carbonyl (C=O) groups excluding carboxylic acids is 1. The molecule has 1 aliphatic rings. The quantitative estimate of drug-likeness (QED) is 0.791. The van der Waals surface area contributed by atoms with Crippen molar-refractivity contribution >= 4 is 5.97 Å². The van der Waals surface area contributed by atoms with Gasteiger partial charge in [-0.2, -0.15) is 0 Å². The average molecular weight is 264 g/mol. The van der Waals surface area contributed by atoms with Crippen LogP contribution in [0.4, 0.5) is 0 Å². The first-order chi connectivity index (χ1) is 9.22. The lowest BCUT2D eigenvalue weighted by Crippen LogP contribution is -2.38. The highest BCUT2D eigenvalue weighted by molar-refractivity contribution is 5.89. The molecule has 1 aromatic rings. The number of nitrogens with zero attached hydrogens (tertiary/aromatic N) is 1. The van der Waals surface area contributed by atoms with Gasteiger partial charge in [-0.15, -0.1) is 0 Å². The summed E-state index contributed by atoms with van der Waals surface area (Å²) in [5, 5.41) is 3.16. The highest BCUT2D eigenvalue weighted by Crippen LogP contribution is 2.30. The molecule has 104 valence electrons. The summed E-state index contributed by atoms with van der Waals surface area (Å²) in [5.41, 5.74) is 0.455.